The maximum absolute atomic E-state index is 10.6. The Morgan fingerprint density at radius 2 is 2.53 bits per heavy atom. The van der Waals surface area contributed by atoms with E-state index < -0.39 is 4.92 Å². The van der Waals surface area contributed by atoms with Crippen molar-refractivity contribution in [1.82, 2.24) is 15.1 Å². The van der Waals surface area contributed by atoms with Crippen LogP contribution in [-0.2, 0) is 6.54 Å². The molecule has 1 aromatic heterocycles. The van der Waals surface area contributed by atoms with E-state index in [1.54, 1.807) is 4.68 Å². The smallest absolute Gasteiger partial charge is 0.358 e. The summed E-state index contributed by atoms with van der Waals surface area (Å²) in [6.07, 6.45) is 4.91. The molecule has 1 aliphatic rings. The number of nitrogens with one attached hydrogen (secondary N) is 1. The average Bonchev–Trinajstić information content (AvgIpc) is 2.69. The number of piperidine rings is 1. The SMILES string of the molecule is O=[N+]([O-])c1nn(CCC2CCCNC2)cc1Cl. The van der Waals surface area contributed by atoms with Gasteiger partial charge in [0.05, 0.1) is 17.8 Å². The number of aryl methyl sites for hydroxylation is 1. The molecule has 0 amide bonds. The maximum atomic E-state index is 10.6. The minimum Gasteiger partial charge on any atom is -0.358 e. The molecule has 0 aliphatic carbocycles. The number of aromatic nitrogens is 2. The molecule has 2 rings (SSSR count). The molecule has 0 saturated carbocycles. The van der Waals surface area contributed by atoms with Crippen LogP contribution in [0.2, 0.25) is 5.02 Å². The Hall–Kier alpha value is -1.14. The van der Waals surface area contributed by atoms with Crippen LogP contribution < -0.4 is 5.32 Å². The van der Waals surface area contributed by atoms with Crippen LogP contribution in [-0.4, -0.2) is 27.8 Å². The predicted octanol–water partition coefficient (Wildman–Crippen LogP) is 1.83. The van der Waals surface area contributed by atoms with E-state index in [-0.39, 0.29) is 10.8 Å². The largest absolute Gasteiger partial charge is 0.408 e. The Labute approximate surface area is 104 Å². The van der Waals surface area contributed by atoms with E-state index in [1.807, 2.05) is 0 Å². The second-order valence-electron chi connectivity index (χ2n) is 4.32. The molecule has 1 fully saturated rings. The van der Waals surface area contributed by atoms with Crippen molar-refractivity contribution in [3.63, 3.8) is 0 Å². The monoisotopic (exact) mass is 258 g/mol. The lowest BCUT2D eigenvalue weighted by molar-refractivity contribution is -0.389. The highest BCUT2D eigenvalue weighted by molar-refractivity contribution is 6.32. The third-order valence-corrected chi connectivity index (χ3v) is 3.30. The van der Waals surface area contributed by atoms with Gasteiger partial charge in [0.1, 0.15) is 0 Å². The van der Waals surface area contributed by atoms with E-state index in [2.05, 4.69) is 10.4 Å². The molecular formula is C10H15ClN4O2. The van der Waals surface area contributed by atoms with E-state index >= 15 is 0 Å². The first kappa shape index (κ1) is 12.3. The Kier molecular flexibility index (Phi) is 3.96. The van der Waals surface area contributed by atoms with Gasteiger partial charge in [-0.25, -0.2) is 0 Å². The first-order valence-corrected chi connectivity index (χ1v) is 6.12. The molecule has 2 heterocycles. The zero-order valence-electron chi connectivity index (χ0n) is 9.43. The zero-order chi connectivity index (χ0) is 12.3. The Morgan fingerprint density at radius 1 is 1.71 bits per heavy atom. The number of hydrogen-bond donors (Lipinski definition) is 1. The van der Waals surface area contributed by atoms with Gasteiger partial charge in [-0.3, -0.25) is 0 Å². The van der Waals surface area contributed by atoms with Crippen LogP contribution in [0.25, 0.3) is 0 Å². The quantitative estimate of drug-likeness (QED) is 0.661. The molecule has 0 radical (unpaired) electrons. The molecule has 1 aliphatic heterocycles. The Morgan fingerprint density at radius 3 is 3.12 bits per heavy atom. The molecule has 1 unspecified atom stereocenters. The number of hydrogen-bond acceptors (Lipinski definition) is 4. The predicted molar refractivity (Wildman–Crippen MR) is 64.1 cm³/mol. The van der Waals surface area contributed by atoms with E-state index in [4.69, 9.17) is 11.6 Å². The number of nitro groups is 1. The fourth-order valence-corrected chi connectivity index (χ4v) is 2.33. The summed E-state index contributed by atoms with van der Waals surface area (Å²) in [5.74, 6) is 0.374. The van der Waals surface area contributed by atoms with Gasteiger partial charge in [0.2, 0.25) is 0 Å². The van der Waals surface area contributed by atoms with E-state index in [1.165, 1.54) is 19.0 Å². The standard InChI is InChI=1S/C10H15ClN4O2/c11-9-7-14(13-10(9)15(16)17)5-3-8-2-1-4-12-6-8/h7-8,12H,1-6H2. The van der Waals surface area contributed by atoms with Gasteiger partial charge < -0.3 is 15.4 Å². The molecule has 94 valence electrons. The molecule has 1 N–H and O–H groups in total. The highest BCUT2D eigenvalue weighted by Crippen LogP contribution is 2.22. The molecule has 1 atom stereocenters. The molecule has 1 saturated heterocycles. The molecule has 0 bridgehead atoms. The van der Waals surface area contributed by atoms with Gasteiger partial charge in [0.15, 0.2) is 5.02 Å². The fraction of sp³-hybridized carbons (Fsp3) is 0.700. The molecule has 0 aromatic carbocycles. The second-order valence-corrected chi connectivity index (χ2v) is 4.73. The van der Waals surface area contributed by atoms with Crippen molar-refractivity contribution in [2.75, 3.05) is 13.1 Å². The number of rotatable bonds is 4. The Balaban J connectivity index is 1.90. The first-order valence-electron chi connectivity index (χ1n) is 5.75. The summed E-state index contributed by atoms with van der Waals surface area (Å²) < 4.78 is 1.56. The van der Waals surface area contributed by atoms with Crippen LogP contribution in [0.15, 0.2) is 6.20 Å². The summed E-state index contributed by atoms with van der Waals surface area (Å²) in [6, 6.07) is 0. The van der Waals surface area contributed by atoms with Crippen molar-refractivity contribution >= 4 is 17.4 Å². The van der Waals surface area contributed by atoms with Crippen LogP contribution >= 0.6 is 11.6 Å². The van der Waals surface area contributed by atoms with Crippen LogP contribution in [0, 0.1) is 16.0 Å². The van der Waals surface area contributed by atoms with E-state index in [0.717, 1.165) is 19.5 Å². The molecular weight excluding hydrogens is 244 g/mol. The maximum Gasteiger partial charge on any atom is 0.408 e. The van der Waals surface area contributed by atoms with Crippen LogP contribution in [0.4, 0.5) is 5.82 Å². The lowest BCUT2D eigenvalue weighted by atomic mass is 9.96. The van der Waals surface area contributed by atoms with Crippen molar-refractivity contribution in [2.24, 2.45) is 5.92 Å². The average molecular weight is 259 g/mol. The summed E-state index contributed by atoms with van der Waals surface area (Å²) >= 11 is 5.72. The number of halogens is 1. The van der Waals surface area contributed by atoms with Gasteiger partial charge in [-0.15, -0.1) is 0 Å². The topological polar surface area (TPSA) is 73.0 Å². The highest BCUT2D eigenvalue weighted by Gasteiger charge is 2.20. The van der Waals surface area contributed by atoms with Crippen molar-refractivity contribution < 1.29 is 4.92 Å². The minimum atomic E-state index is -0.555. The summed E-state index contributed by atoms with van der Waals surface area (Å²) in [5, 5.41) is 17.9. The van der Waals surface area contributed by atoms with Crippen LogP contribution in [0.1, 0.15) is 19.3 Å². The molecule has 0 spiro atoms. The summed E-state index contributed by atoms with van der Waals surface area (Å²) in [6.45, 7) is 2.80. The van der Waals surface area contributed by atoms with Crippen molar-refractivity contribution in [3.05, 3.63) is 21.3 Å². The van der Waals surface area contributed by atoms with Gasteiger partial charge in [0, 0.05) is 0 Å². The zero-order valence-corrected chi connectivity index (χ0v) is 10.2. The fourth-order valence-electron chi connectivity index (χ4n) is 2.11. The van der Waals surface area contributed by atoms with Crippen molar-refractivity contribution in [3.8, 4) is 0 Å². The lowest BCUT2D eigenvalue weighted by Crippen LogP contribution is -2.30. The molecule has 6 nitrogen and oxygen atoms in total. The van der Waals surface area contributed by atoms with E-state index in [0.29, 0.717) is 12.5 Å². The van der Waals surface area contributed by atoms with Crippen LogP contribution in [0.3, 0.4) is 0 Å². The van der Waals surface area contributed by atoms with Gasteiger partial charge in [0.25, 0.3) is 0 Å². The second kappa shape index (κ2) is 5.46. The lowest BCUT2D eigenvalue weighted by Gasteiger charge is -2.21. The minimum absolute atomic E-state index is 0.108. The normalized spacial score (nSPS) is 20.4. The van der Waals surface area contributed by atoms with E-state index in [9.17, 15) is 10.1 Å². The third kappa shape index (κ3) is 3.17. The Bertz CT molecular complexity index is 401. The third-order valence-electron chi connectivity index (χ3n) is 3.04. The van der Waals surface area contributed by atoms with Crippen molar-refractivity contribution in [1.29, 1.82) is 0 Å². The van der Waals surface area contributed by atoms with Gasteiger partial charge in [-0.2, -0.15) is 4.68 Å². The van der Waals surface area contributed by atoms with Gasteiger partial charge in [-0.05, 0) is 43.2 Å². The highest BCUT2D eigenvalue weighted by atomic mass is 35.5. The summed E-state index contributed by atoms with van der Waals surface area (Å²) in [4.78, 5) is 10.0. The molecule has 1 aromatic rings. The van der Waals surface area contributed by atoms with Crippen LogP contribution in [0.5, 0.6) is 0 Å². The first-order chi connectivity index (χ1) is 8.16. The van der Waals surface area contributed by atoms with Gasteiger partial charge in [-0.1, -0.05) is 11.6 Å². The summed E-state index contributed by atoms with van der Waals surface area (Å²) in [7, 11) is 0. The molecule has 7 heteroatoms. The number of nitrogens with zero attached hydrogens (tertiary/aromatic N) is 3. The summed E-state index contributed by atoms with van der Waals surface area (Å²) in [5.41, 5.74) is 0. The molecule has 17 heavy (non-hydrogen) atoms. The van der Waals surface area contributed by atoms with Crippen molar-refractivity contribution in [2.45, 2.75) is 25.8 Å². The van der Waals surface area contributed by atoms with Gasteiger partial charge >= 0.3 is 5.82 Å².